The van der Waals surface area contributed by atoms with E-state index in [1.807, 2.05) is 61.5 Å². The smallest absolute Gasteiger partial charge is 0.264 e. The highest BCUT2D eigenvalue weighted by atomic mass is 32.2. The van der Waals surface area contributed by atoms with Crippen molar-refractivity contribution >= 4 is 45.4 Å². The van der Waals surface area contributed by atoms with E-state index in [0.717, 1.165) is 33.4 Å². The first-order valence-electron chi connectivity index (χ1n) is 9.09. The number of carbonyl (C=O) groups excluding carboxylic acids is 1. The van der Waals surface area contributed by atoms with Crippen molar-refractivity contribution in [2.75, 3.05) is 7.11 Å². The van der Waals surface area contributed by atoms with E-state index in [-0.39, 0.29) is 5.91 Å². The Morgan fingerprint density at radius 3 is 2.59 bits per heavy atom. The zero-order valence-corrected chi connectivity index (χ0v) is 16.9. The van der Waals surface area contributed by atoms with E-state index in [0.29, 0.717) is 10.1 Å². The first-order valence-corrected chi connectivity index (χ1v) is 9.91. The molecule has 1 saturated heterocycles. The Kier molecular flexibility index (Phi) is 5.44. The van der Waals surface area contributed by atoms with E-state index in [4.69, 9.17) is 4.74 Å². The molecule has 1 fully saturated rings. The topological polar surface area (TPSA) is 63.1 Å². The van der Waals surface area contributed by atoms with E-state index in [1.165, 1.54) is 11.8 Å². The number of nitrogens with zero attached hydrogens (tertiary/aromatic N) is 2. The summed E-state index contributed by atoms with van der Waals surface area (Å²) in [6.45, 7) is 1.92. The third kappa shape index (κ3) is 4.22. The molecule has 1 heterocycles. The van der Waals surface area contributed by atoms with Gasteiger partial charge in [0, 0.05) is 5.56 Å². The number of methoxy groups -OCH3 is 1. The van der Waals surface area contributed by atoms with Gasteiger partial charge < -0.3 is 4.74 Å². The molecule has 1 aliphatic heterocycles. The van der Waals surface area contributed by atoms with Crippen LogP contribution in [-0.4, -0.2) is 23.9 Å². The van der Waals surface area contributed by atoms with Gasteiger partial charge in [-0.25, -0.2) is 0 Å². The fraction of sp³-hybridized carbons (Fsp3) is 0.0870. The highest BCUT2D eigenvalue weighted by molar-refractivity contribution is 8.18. The van der Waals surface area contributed by atoms with Crippen LogP contribution >= 0.6 is 11.8 Å². The van der Waals surface area contributed by atoms with Gasteiger partial charge in [0.05, 0.1) is 17.7 Å². The van der Waals surface area contributed by atoms with Crippen molar-refractivity contribution in [1.29, 1.82) is 0 Å². The van der Waals surface area contributed by atoms with Crippen LogP contribution in [0.5, 0.6) is 5.75 Å². The van der Waals surface area contributed by atoms with Crippen molar-refractivity contribution in [3.63, 3.8) is 0 Å². The van der Waals surface area contributed by atoms with Gasteiger partial charge in [-0.15, -0.1) is 5.10 Å². The lowest BCUT2D eigenvalue weighted by molar-refractivity contribution is -0.115. The molecule has 1 aliphatic rings. The average Bonchev–Trinajstić information content (AvgIpc) is 3.11. The van der Waals surface area contributed by atoms with E-state index < -0.39 is 0 Å². The van der Waals surface area contributed by atoms with Gasteiger partial charge in [0.1, 0.15) is 5.75 Å². The maximum Gasteiger partial charge on any atom is 0.264 e. The average molecular weight is 401 g/mol. The van der Waals surface area contributed by atoms with Gasteiger partial charge in [-0.2, -0.15) is 5.10 Å². The second-order valence-electron chi connectivity index (χ2n) is 6.46. The molecular formula is C23H19N3O2S. The number of fused-ring (bicyclic) bond motifs is 1. The monoisotopic (exact) mass is 401 g/mol. The number of carbonyl (C=O) groups is 1. The van der Waals surface area contributed by atoms with Gasteiger partial charge in [0.25, 0.3) is 5.91 Å². The Labute approximate surface area is 173 Å². The highest BCUT2D eigenvalue weighted by Gasteiger charge is 2.23. The molecule has 29 heavy (non-hydrogen) atoms. The summed E-state index contributed by atoms with van der Waals surface area (Å²) in [5.41, 5.74) is 2.73. The molecular weight excluding hydrogens is 382 g/mol. The molecule has 3 aromatic carbocycles. The van der Waals surface area contributed by atoms with Crippen LogP contribution < -0.4 is 10.1 Å². The summed E-state index contributed by atoms with van der Waals surface area (Å²) in [5.74, 6) is 0.596. The fourth-order valence-electron chi connectivity index (χ4n) is 3.04. The van der Waals surface area contributed by atoms with Gasteiger partial charge in [0.15, 0.2) is 5.17 Å². The molecule has 0 aliphatic carbocycles. The number of amidine groups is 1. The Balaban J connectivity index is 1.55. The van der Waals surface area contributed by atoms with Gasteiger partial charge in [0.2, 0.25) is 0 Å². The Hall–Kier alpha value is -3.38. The van der Waals surface area contributed by atoms with Crippen LogP contribution in [0.2, 0.25) is 0 Å². The summed E-state index contributed by atoms with van der Waals surface area (Å²) in [4.78, 5) is 12.8. The van der Waals surface area contributed by atoms with E-state index in [9.17, 15) is 4.79 Å². The number of rotatable bonds is 4. The first-order chi connectivity index (χ1) is 14.1. The molecule has 0 spiro atoms. The second kappa shape index (κ2) is 8.32. The number of amides is 1. The molecule has 1 amide bonds. The molecule has 6 heteroatoms. The van der Waals surface area contributed by atoms with Crippen molar-refractivity contribution < 1.29 is 9.53 Å². The predicted octanol–water partition coefficient (Wildman–Crippen LogP) is 4.83. The van der Waals surface area contributed by atoms with Gasteiger partial charge in [-0.1, -0.05) is 54.6 Å². The van der Waals surface area contributed by atoms with E-state index in [2.05, 4.69) is 33.7 Å². The van der Waals surface area contributed by atoms with Crippen molar-refractivity contribution in [3.05, 3.63) is 82.8 Å². The Bertz CT molecular complexity index is 1160. The summed E-state index contributed by atoms with van der Waals surface area (Å²) < 4.78 is 5.16. The lowest BCUT2D eigenvalue weighted by atomic mass is 10.0. The Morgan fingerprint density at radius 2 is 1.79 bits per heavy atom. The van der Waals surface area contributed by atoms with Gasteiger partial charge >= 0.3 is 0 Å². The summed E-state index contributed by atoms with van der Waals surface area (Å²) >= 11 is 1.28. The van der Waals surface area contributed by atoms with Crippen LogP contribution in [0.15, 0.2) is 81.8 Å². The molecule has 0 unspecified atom stereocenters. The third-order valence-electron chi connectivity index (χ3n) is 4.53. The number of nitrogens with one attached hydrogen (secondary N) is 1. The molecule has 0 aromatic heterocycles. The first kappa shape index (κ1) is 19.0. The lowest BCUT2D eigenvalue weighted by Gasteiger charge is -2.04. The zero-order valence-electron chi connectivity index (χ0n) is 16.0. The van der Waals surface area contributed by atoms with Gasteiger partial charge in [-0.05, 0) is 53.2 Å². The molecule has 0 radical (unpaired) electrons. The van der Waals surface area contributed by atoms with Crippen LogP contribution in [0.3, 0.4) is 0 Å². The lowest BCUT2D eigenvalue weighted by Crippen LogP contribution is -2.19. The van der Waals surface area contributed by atoms with Crippen LogP contribution in [0.1, 0.15) is 18.1 Å². The molecule has 4 rings (SSSR count). The van der Waals surface area contributed by atoms with Crippen molar-refractivity contribution in [2.24, 2.45) is 10.2 Å². The normalized spacial score (nSPS) is 17.2. The highest BCUT2D eigenvalue weighted by Crippen LogP contribution is 2.27. The molecule has 3 aromatic rings. The van der Waals surface area contributed by atoms with Gasteiger partial charge in [-0.3, -0.25) is 10.1 Å². The van der Waals surface area contributed by atoms with E-state index in [1.54, 1.807) is 7.11 Å². The molecule has 0 atom stereocenters. The predicted molar refractivity (Wildman–Crippen MR) is 120 cm³/mol. The van der Waals surface area contributed by atoms with Crippen LogP contribution in [-0.2, 0) is 4.79 Å². The van der Waals surface area contributed by atoms with Crippen LogP contribution in [0.4, 0.5) is 0 Å². The maximum absolute atomic E-state index is 12.2. The number of ether oxygens (including phenoxy) is 1. The SMILES string of the molecule is COc1ccc(/C=C2\S/C(=N/N=C(/C)c3cccc4ccccc34)NC2=O)cc1. The summed E-state index contributed by atoms with van der Waals surface area (Å²) in [6, 6.07) is 21.8. The summed E-state index contributed by atoms with van der Waals surface area (Å²) in [6.07, 6.45) is 1.82. The summed E-state index contributed by atoms with van der Waals surface area (Å²) in [5, 5.41) is 14.1. The number of benzene rings is 3. The zero-order chi connectivity index (χ0) is 20.2. The largest absolute Gasteiger partial charge is 0.497 e. The second-order valence-corrected chi connectivity index (χ2v) is 7.49. The molecule has 0 bridgehead atoms. The molecule has 0 saturated carbocycles. The van der Waals surface area contributed by atoms with Crippen LogP contribution in [0.25, 0.3) is 16.8 Å². The minimum absolute atomic E-state index is 0.178. The third-order valence-corrected chi connectivity index (χ3v) is 5.43. The summed E-state index contributed by atoms with van der Waals surface area (Å²) in [7, 11) is 1.62. The molecule has 1 N–H and O–H groups in total. The quantitative estimate of drug-likeness (QED) is 0.387. The van der Waals surface area contributed by atoms with Crippen LogP contribution in [0, 0.1) is 0 Å². The number of hydrogen-bond acceptors (Lipinski definition) is 5. The van der Waals surface area contributed by atoms with Crippen molar-refractivity contribution in [1.82, 2.24) is 5.32 Å². The number of hydrogen-bond donors (Lipinski definition) is 1. The minimum Gasteiger partial charge on any atom is -0.497 e. The number of thioether (sulfide) groups is 1. The van der Waals surface area contributed by atoms with E-state index >= 15 is 0 Å². The molecule has 144 valence electrons. The standard InChI is InChI=1S/C23H19N3O2S/c1-15(19-9-5-7-17-6-3-4-8-20(17)19)25-26-23-24-22(27)21(29-23)14-16-10-12-18(28-2)13-11-16/h3-14H,1-2H3,(H,24,26,27)/b21-14-,25-15-. The molecule has 5 nitrogen and oxygen atoms in total. The van der Waals surface area contributed by atoms with Crippen molar-refractivity contribution in [2.45, 2.75) is 6.92 Å². The fourth-order valence-corrected chi connectivity index (χ4v) is 3.81. The Morgan fingerprint density at radius 1 is 1.03 bits per heavy atom. The van der Waals surface area contributed by atoms with Crippen molar-refractivity contribution in [3.8, 4) is 5.75 Å². The maximum atomic E-state index is 12.2. The minimum atomic E-state index is -0.178.